The number of alkyl carbamates (subject to hydrolysis) is 1. The highest BCUT2D eigenvalue weighted by Crippen LogP contribution is 2.27. The van der Waals surface area contributed by atoms with Crippen molar-refractivity contribution in [1.82, 2.24) is 25.6 Å². The average Bonchev–Trinajstić information content (AvgIpc) is 3.62. The Morgan fingerprint density at radius 3 is 2.32 bits per heavy atom. The number of aliphatic carboxylic acids is 1. The third-order valence-corrected chi connectivity index (χ3v) is 7.58. The second kappa shape index (κ2) is 13.0. The van der Waals surface area contributed by atoms with Gasteiger partial charge in [0.2, 0.25) is 11.8 Å². The van der Waals surface area contributed by atoms with Crippen molar-refractivity contribution in [2.24, 2.45) is 0 Å². The molecule has 6 N–H and O–H groups in total. The van der Waals surface area contributed by atoms with Crippen molar-refractivity contribution in [2.45, 2.75) is 64.1 Å². The predicted octanol–water partition coefficient (Wildman–Crippen LogP) is 5.23. The van der Waals surface area contributed by atoms with Gasteiger partial charge in [-0.05, 0) is 68.7 Å². The highest BCUT2D eigenvalue weighted by Gasteiger charge is 2.35. The second-order valence-corrected chi connectivity index (χ2v) is 12.9. The lowest BCUT2D eigenvalue weighted by Crippen LogP contribution is -2.59. The minimum atomic E-state index is -1.44. The number of anilines is 1. The smallest absolute Gasteiger partial charge is 0.408 e. The van der Waals surface area contributed by atoms with Gasteiger partial charge in [-0.2, -0.15) is 0 Å². The van der Waals surface area contributed by atoms with Crippen molar-refractivity contribution in [3.8, 4) is 0 Å². The van der Waals surface area contributed by atoms with Crippen LogP contribution in [0.3, 0.4) is 0 Å². The van der Waals surface area contributed by atoms with Crippen LogP contribution in [0.1, 0.15) is 57.5 Å². The molecular formula is C35H38N6O6. The number of imidazole rings is 1. The molecule has 2 aromatic heterocycles. The molecule has 0 fully saturated rings. The van der Waals surface area contributed by atoms with Gasteiger partial charge >= 0.3 is 12.1 Å². The Bertz CT molecular complexity index is 1950. The number of amides is 3. The molecule has 5 aromatic rings. The zero-order valence-electron chi connectivity index (χ0n) is 26.8. The molecule has 0 aliphatic carbocycles. The van der Waals surface area contributed by atoms with E-state index in [0.717, 1.165) is 27.2 Å². The number of fused-ring (bicyclic) bond motifs is 2. The number of aromatic nitrogens is 3. The molecule has 3 amide bonds. The number of ether oxygens (including phenoxy) is 1. The Morgan fingerprint density at radius 2 is 1.60 bits per heavy atom. The fraction of sp³-hybridized carbons (Fsp3) is 0.286. The van der Waals surface area contributed by atoms with Crippen LogP contribution in [0.2, 0.25) is 0 Å². The Morgan fingerprint density at radius 1 is 0.894 bits per heavy atom. The van der Waals surface area contributed by atoms with E-state index in [1.54, 1.807) is 39.1 Å². The molecule has 0 radical (unpaired) electrons. The first-order chi connectivity index (χ1) is 22.2. The number of aromatic amines is 2. The zero-order valence-corrected chi connectivity index (χ0v) is 26.8. The van der Waals surface area contributed by atoms with Crippen LogP contribution in [0.25, 0.3) is 21.7 Å². The Kier molecular flexibility index (Phi) is 9.05. The SMILES string of the molecule is CC(C)(C)OC(=O)NC(C)(C)C(=O)NC(Cc1c[nH]c2ccccc12)C(=O)Nc1c[nH]c(C(C(=O)O)c2ccc3ccccc3c2)n1. The fourth-order valence-electron chi connectivity index (χ4n) is 5.25. The van der Waals surface area contributed by atoms with Gasteiger partial charge in [0.25, 0.3) is 0 Å². The summed E-state index contributed by atoms with van der Waals surface area (Å²) in [5.41, 5.74) is -0.0401. The lowest BCUT2D eigenvalue weighted by molar-refractivity contribution is -0.137. The largest absolute Gasteiger partial charge is 0.480 e. The number of benzene rings is 3. The number of nitrogens with zero attached hydrogens (tertiary/aromatic N) is 1. The van der Waals surface area contributed by atoms with Crippen LogP contribution >= 0.6 is 0 Å². The van der Waals surface area contributed by atoms with E-state index in [1.807, 2.05) is 54.6 Å². The molecule has 5 rings (SSSR count). The maximum Gasteiger partial charge on any atom is 0.408 e. The molecule has 0 aliphatic rings. The van der Waals surface area contributed by atoms with E-state index in [0.29, 0.717) is 5.56 Å². The van der Waals surface area contributed by atoms with E-state index in [1.165, 1.54) is 20.0 Å². The molecule has 0 saturated carbocycles. The van der Waals surface area contributed by atoms with Crippen molar-refractivity contribution in [1.29, 1.82) is 0 Å². The summed E-state index contributed by atoms with van der Waals surface area (Å²) >= 11 is 0. The van der Waals surface area contributed by atoms with Crippen LogP contribution < -0.4 is 16.0 Å². The number of rotatable bonds is 10. The number of carboxylic acid groups (broad SMARTS) is 1. The highest BCUT2D eigenvalue weighted by atomic mass is 16.6. The molecule has 0 bridgehead atoms. The topological polar surface area (TPSA) is 178 Å². The summed E-state index contributed by atoms with van der Waals surface area (Å²) in [6.45, 7) is 8.14. The summed E-state index contributed by atoms with van der Waals surface area (Å²) in [5, 5.41) is 20.9. The van der Waals surface area contributed by atoms with E-state index in [4.69, 9.17) is 4.74 Å². The van der Waals surface area contributed by atoms with Crippen LogP contribution in [0.4, 0.5) is 10.6 Å². The molecule has 2 heterocycles. The highest BCUT2D eigenvalue weighted by molar-refractivity contribution is 5.99. The molecule has 0 aliphatic heterocycles. The van der Waals surface area contributed by atoms with Crippen LogP contribution in [0, 0.1) is 0 Å². The number of carbonyl (C=O) groups is 4. The van der Waals surface area contributed by atoms with Gasteiger partial charge in [0.15, 0.2) is 5.82 Å². The Labute approximate surface area is 271 Å². The molecule has 2 unspecified atom stereocenters. The third-order valence-electron chi connectivity index (χ3n) is 7.58. The van der Waals surface area contributed by atoms with Gasteiger partial charge in [-0.1, -0.05) is 54.6 Å². The van der Waals surface area contributed by atoms with Crippen molar-refractivity contribution in [3.05, 3.63) is 96.1 Å². The summed E-state index contributed by atoms with van der Waals surface area (Å²) in [7, 11) is 0. The molecule has 47 heavy (non-hydrogen) atoms. The quantitative estimate of drug-likeness (QED) is 0.121. The summed E-state index contributed by atoms with van der Waals surface area (Å²) in [4.78, 5) is 62.6. The Hall–Kier alpha value is -5.65. The lowest BCUT2D eigenvalue weighted by Gasteiger charge is -2.29. The monoisotopic (exact) mass is 638 g/mol. The van der Waals surface area contributed by atoms with Crippen LogP contribution in [-0.2, 0) is 25.5 Å². The van der Waals surface area contributed by atoms with Gasteiger partial charge < -0.3 is 35.8 Å². The van der Waals surface area contributed by atoms with E-state index in [2.05, 4.69) is 30.9 Å². The first-order valence-electron chi connectivity index (χ1n) is 15.1. The molecule has 12 heteroatoms. The molecule has 244 valence electrons. The second-order valence-electron chi connectivity index (χ2n) is 12.9. The number of para-hydroxylation sites is 1. The van der Waals surface area contributed by atoms with Crippen LogP contribution in [0.15, 0.2) is 79.1 Å². The van der Waals surface area contributed by atoms with Crippen molar-refractivity contribution >= 4 is 51.4 Å². The van der Waals surface area contributed by atoms with Crippen molar-refractivity contribution in [3.63, 3.8) is 0 Å². The normalized spacial score (nSPS) is 13.1. The number of carboxylic acids is 1. The number of hydrogen-bond donors (Lipinski definition) is 6. The first-order valence-corrected chi connectivity index (χ1v) is 15.1. The van der Waals surface area contributed by atoms with E-state index >= 15 is 0 Å². The summed E-state index contributed by atoms with van der Waals surface area (Å²) in [6, 6.07) is 19.5. The fourth-order valence-corrected chi connectivity index (χ4v) is 5.25. The van der Waals surface area contributed by atoms with Crippen molar-refractivity contribution in [2.75, 3.05) is 5.32 Å². The molecule has 12 nitrogen and oxygen atoms in total. The van der Waals surface area contributed by atoms with Crippen LogP contribution in [0.5, 0.6) is 0 Å². The minimum absolute atomic E-state index is 0.0846. The number of H-pyrrole nitrogens is 2. The van der Waals surface area contributed by atoms with Gasteiger partial charge in [0, 0.05) is 29.7 Å². The maximum atomic E-state index is 13.8. The van der Waals surface area contributed by atoms with E-state index < -0.39 is 47.0 Å². The summed E-state index contributed by atoms with van der Waals surface area (Å²) in [5.74, 6) is -3.23. The molecule has 0 saturated heterocycles. The number of nitrogens with one attached hydrogen (secondary N) is 5. The summed E-state index contributed by atoms with van der Waals surface area (Å²) in [6.07, 6.45) is 2.51. The predicted molar refractivity (Wildman–Crippen MR) is 178 cm³/mol. The van der Waals surface area contributed by atoms with Gasteiger partial charge in [-0.25, -0.2) is 9.78 Å². The third kappa shape index (κ3) is 7.78. The van der Waals surface area contributed by atoms with Gasteiger partial charge in [0.05, 0.1) is 0 Å². The standard InChI is InChI=1S/C35H38N6O6/c1-34(2,3)47-33(46)41-35(4,5)32(45)38-26(17-23-18-36-25-13-9-8-12-24(23)25)30(42)40-27-19-37-29(39-27)28(31(43)44)22-15-14-20-10-6-7-11-21(20)16-22/h6-16,18-19,26,28,36H,17H2,1-5H3,(H,37,39)(H,38,45)(H,40,42)(H,41,46)(H,43,44). The Balaban J connectivity index is 1.38. The molecular weight excluding hydrogens is 600 g/mol. The van der Waals surface area contributed by atoms with E-state index in [9.17, 15) is 24.3 Å². The summed E-state index contributed by atoms with van der Waals surface area (Å²) < 4.78 is 5.31. The van der Waals surface area contributed by atoms with Gasteiger partial charge in [-0.15, -0.1) is 0 Å². The minimum Gasteiger partial charge on any atom is -0.480 e. The first kappa shape index (κ1) is 32.7. The molecule has 2 atom stereocenters. The molecule has 0 spiro atoms. The maximum absolute atomic E-state index is 13.8. The number of carbonyl (C=O) groups excluding carboxylic acids is 3. The lowest BCUT2D eigenvalue weighted by atomic mass is 9.96. The average molecular weight is 639 g/mol. The van der Waals surface area contributed by atoms with Crippen molar-refractivity contribution < 1.29 is 29.0 Å². The number of hydrogen-bond acceptors (Lipinski definition) is 6. The zero-order chi connectivity index (χ0) is 33.9. The van der Waals surface area contributed by atoms with Gasteiger partial charge in [-0.3, -0.25) is 14.4 Å². The molecule has 3 aromatic carbocycles. The van der Waals surface area contributed by atoms with Gasteiger partial charge in [0.1, 0.15) is 28.9 Å². The van der Waals surface area contributed by atoms with E-state index in [-0.39, 0.29) is 18.1 Å². The van der Waals surface area contributed by atoms with Crippen LogP contribution in [-0.4, -0.2) is 61.1 Å².